The number of fused-ring (bicyclic) bond motifs is 1. The van der Waals surface area contributed by atoms with Crippen molar-refractivity contribution in [3.63, 3.8) is 0 Å². The molecular weight excluding hydrogens is 206 g/mol. The molecule has 0 amide bonds. The number of aryl methyl sites for hydroxylation is 1. The maximum absolute atomic E-state index is 10.6. The number of halogens is 1. The van der Waals surface area contributed by atoms with Gasteiger partial charge in [0.1, 0.15) is 11.9 Å². The van der Waals surface area contributed by atoms with Crippen molar-refractivity contribution in [2.45, 2.75) is 25.4 Å². The first-order valence-electron chi connectivity index (χ1n) is 4.23. The minimum Gasteiger partial charge on any atom is -0.480 e. The lowest BCUT2D eigenvalue weighted by Crippen LogP contribution is -2.23. The third-order valence-electron chi connectivity index (χ3n) is 2.34. The van der Waals surface area contributed by atoms with E-state index in [1.54, 1.807) is 6.20 Å². The molecule has 0 aliphatic carbocycles. The molecule has 0 aromatic carbocycles. The van der Waals surface area contributed by atoms with Crippen LogP contribution in [0.5, 0.6) is 0 Å². The van der Waals surface area contributed by atoms with Gasteiger partial charge in [-0.15, -0.1) is 12.4 Å². The molecule has 0 fully saturated rings. The van der Waals surface area contributed by atoms with E-state index in [4.69, 9.17) is 10.8 Å². The standard InChI is InChI=1S/C8H11N3O2.ClH/c9-7(8(12)13)5-4-10-6-2-1-3-11(5)6;/h4,7H,1-3,9H2,(H,12,13);1H. The highest BCUT2D eigenvalue weighted by Gasteiger charge is 2.23. The summed E-state index contributed by atoms with van der Waals surface area (Å²) in [5.41, 5.74) is 6.11. The maximum Gasteiger partial charge on any atom is 0.326 e. The van der Waals surface area contributed by atoms with Crippen LogP contribution in [0, 0.1) is 0 Å². The zero-order valence-electron chi connectivity index (χ0n) is 7.51. The Morgan fingerprint density at radius 2 is 2.43 bits per heavy atom. The zero-order valence-corrected chi connectivity index (χ0v) is 8.33. The molecular formula is C8H12ClN3O2. The summed E-state index contributed by atoms with van der Waals surface area (Å²) < 4.78 is 1.90. The van der Waals surface area contributed by atoms with Gasteiger partial charge in [-0.2, -0.15) is 0 Å². The van der Waals surface area contributed by atoms with E-state index in [1.807, 2.05) is 4.57 Å². The number of hydrogen-bond donors (Lipinski definition) is 2. The van der Waals surface area contributed by atoms with Crippen LogP contribution in [0.15, 0.2) is 6.20 Å². The Morgan fingerprint density at radius 3 is 3.07 bits per heavy atom. The molecule has 2 heterocycles. The number of nitrogens with two attached hydrogens (primary N) is 1. The average molecular weight is 218 g/mol. The first-order valence-corrected chi connectivity index (χ1v) is 4.23. The van der Waals surface area contributed by atoms with E-state index in [-0.39, 0.29) is 12.4 Å². The molecule has 1 unspecified atom stereocenters. The smallest absolute Gasteiger partial charge is 0.326 e. The number of carboxylic acid groups (broad SMARTS) is 1. The lowest BCUT2D eigenvalue weighted by molar-refractivity contribution is -0.138. The number of aromatic nitrogens is 2. The van der Waals surface area contributed by atoms with Gasteiger partial charge in [0, 0.05) is 13.0 Å². The van der Waals surface area contributed by atoms with Gasteiger partial charge < -0.3 is 15.4 Å². The molecule has 3 N–H and O–H groups in total. The van der Waals surface area contributed by atoms with Crippen molar-refractivity contribution in [2.75, 3.05) is 0 Å². The van der Waals surface area contributed by atoms with E-state index < -0.39 is 12.0 Å². The van der Waals surface area contributed by atoms with Crippen molar-refractivity contribution in [2.24, 2.45) is 5.73 Å². The first kappa shape index (κ1) is 11.0. The van der Waals surface area contributed by atoms with E-state index in [1.165, 1.54) is 0 Å². The molecule has 14 heavy (non-hydrogen) atoms. The molecule has 5 nitrogen and oxygen atoms in total. The summed E-state index contributed by atoms with van der Waals surface area (Å²) in [6.07, 6.45) is 3.52. The quantitative estimate of drug-likeness (QED) is 0.749. The second kappa shape index (κ2) is 3.98. The molecule has 0 saturated heterocycles. The van der Waals surface area contributed by atoms with Crippen molar-refractivity contribution >= 4 is 18.4 Å². The number of aliphatic carboxylic acids is 1. The minimum absolute atomic E-state index is 0. The van der Waals surface area contributed by atoms with Crippen LogP contribution < -0.4 is 5.73 Å². The minimum atomic E-state index is -1.00. The highest BCUT2D eigenvalue weighted by Crippen LogP contribution is 2.19. The Morgan fingerprint density at radius 1 is 1.71 bits per heavy atom. The van der Waals surface area contributed by atoms with Crippen LogP contribution in [0.4, 0.5) is 0 Å². The van der Waals surface area contributed by atoms with Crippen LogP contribution in [-0.2, 0) is 17.8 Å². The Labute approximate surface area is 87.3 Å². The monoisotopic (exact) mass is 217 g/mol. The Bertz CT molecular complexity index is 350. The van der Waals surface area contributed by atoms with Gasteiger partial charge in [-0.25, -0.2) is 4.98 Å². The third kappa shape index (κ3) is 1.60. The fourth-order valence-electron chi connectivity index (χ4n) is 1.66. The van der Waals surface area contributed by atoms with Gasteiger partial charge in [0.2, 0.25) is 0 Å². The maximum atomic E-state index is 10.6. The molecule has 0 bridgehead atoms. The van der Waals surface area contributed by atoms with E-state index in [0.29, 0.717) is 5.69 Å². The molecule has 0 radical (unpaired) electrons. The van der Waals surface area contributed by atoms with Crippen molar-refractivity contribution in [1.29, 1.82) is 0 Å². The summed E-state index contributed by atoms with van der Waals surface area (Å²) in [6, 6.07) is -0.945. The van der Waals surface area contributed by atoms with Crippen LogP contribution >= 0.6 is 12.4 Å². The largest absolute Gasteiger partial charge is 0.480 e. The molecule has 0 spiro atoms. The lowest BCUT2D eigenvalue weighted by Gasteiger charge is -2.08. The topological polar surface area (TPSA) is 81.1 Å². The van der Waals surface area contributed by atoms with E-state index in [9.17, 15) is 4.79 Å². The number of nitrogens with zero attached hydrogens (tertiary/aromatic N) is 2. The second-order valence-electron chi connectivity index (χ2n) is 3.17. The number of carboxylic acids is 1. The molecule has 1 atom stereocenters. The van der Waals surface area contributed by atoms with Gasteiger partial charge in [-0.05, 0) is 6.42 Å². The van der Waals surface area contributed by atoms with Gasteiger partial charge in [-0.3, -0.25) is 4.79 Å². The van der Waals surface area contributed by atoms with Crippen LogP contribution in [0.25, 0.3) is 0 Å². The van der Waals surface area contributed by atoms with Gasteiger partial charge >= 0.3 is 5.97 Å². The van der Waals surface area contributed by atoms with E-state index in [0.717, 1.165) is 25.2 Å². The summed E-state index contributed by atoms with van der Waals surface area (Å²) in [6.45, 7) is 0.839. The van der Waals surface area contributed by atoms with Gasteiger partial charge in [-0.1, -0.05) is 0 Å². The number of hydrogen-bond acceptors (Lipinski definition) is 3. The predicted octanol–water partition coefficient (Wildman–Crippen LogP) is 0.335. The molecule has 78 valence electrons. The van der Waals surface area contributed by atoms with Crippen LogP contribution in [0.2, 0.25) is 0 Å². The Kier molecular flexibility index (Phi) is 3.13. The van der Waals surface area contributed by atoms with Crippen molar-refractivity contribution in [3.8, 4) is 0 Å². The van der Waals surface area contributed by atoms with E-state index in [2.05, 4.69) is 4.98 Å². The van der Waals surface area contributed by atoms with Crippen LogP contribution in [-0.4, -0.2) is 20.6 Å². The highest BCUT2D eigenvalue weighted by atomic mass is 35.5. The van der Waals surface area contributed by atoms with Gasteiger partial charge in [0.15, 0.2) is 0 Å². The summed E-state index contributed by atoms with van der Waals surface area (Å²) in [7, 11) is 0. The summed E-state index contributed by atoms with van der Waals surface area (Å²) in [5, 5.41) is 8.72. The second-order valence-corrected chi connectivity index (χ2v) is 3.17. The predicted molar refractivity (Wildman–Crippen MR) is 52.4 cm³/mol. The molecule has 1 aromatic rings. The summed E-state index contributed by atoms with van der Waals surface area (Å²) in [5.74, 6) is -0.0544. The number of carbonyl (C=O) groups is 1. The van der Waals surface area contributed by atoms with E-state index >= 15 is 0 Å². The molecule has 1 aromatic heterocycles. The number of imidazole rings is 1. The SMILES string of the molecule is Cl.NC(C(=O)O)c1cnc2n1CCC2. The lowest BCUT2D eigenvalue weighted by atomic mass is 10.2. The van der Waals surface area contributed by atoms with Crippen LogP contribution in [0.3, 0.4) is 0 Å². The van der Waals surface area contributed by atoms with Crippen molar-refractivity contribution in [3.05, 3.63) is 17.7 Å². The van der Waals surface area contributed by atoms with Crippen LogP contribution in [0.1, 0.15) is 24.0 Å². The van der Waals surface area contributed by atoms with Gasteiger partial charge in [0.05, 0.1) is 11.9 Å². The Hall–Kier alpha value is -1.07. The van der Waals surface area contributed by atoms with Crippen molar-refractivity contribution in [1.82, 2.24) is 9.55 Å². The number of rotatable bonds is 2. The molecule has 0 saturated carbocycles. The zero-order chi connectivity index (χ0) is 9.42. The van der Waals surface area contributed by atoms with Gasteiger partial charge in [0.25, 0.3) is 0 Å². The summed E-state index contributed by atoms with van der Waals surface area (Å²) >= 11 is 0. The molecule has 6 heteroatoms. The average Bonchev–Trinajstić information content (AvgIpc) is 2.61. The third-order valence-corrected chi connectivity index (χ3v) is 2.34. The first-order chi connectivity index (χ1) is 6.20. The van der Waals surface area contributed by atoms with Crippen molar-refractivity contribution < 1.29 is 9.90 Å². The molecule has 1 aliphatic rings. The molecule has 1 aliphatic heterocycles. The normalized spacial score (nSPS) is 15.8. The Balaban J connectivity index is 0.000000980. The summed E-state index contributed by atoms with van der Waals surface area (Å²) in [4.78, 5) is 14.8. The highest BCUT2D eigenvalue weighted by molar-refractivity contribution is 5.85. The fourth-order valence-corrected chi connectivity index (χ4v) is 1.66. The fraction of sp³-hybridized carbons (Fsp3) is 0.500. The molecule has 2 rings (SSSR count).